The summed E-state index contributed by atoms with van der Waals surface area (Å²) in [6, 6.07) is -1.40. The number of carbonyl (C=O) groups excluding carboxylic acids is 2. The van der Waals surface area contributed by atoms with Crippen LogP contribution >= 0.6 is 11.8 Å². The average molecular weight is 459 g/mol. The zero-order chi connectivity index (χ0) is 23.3. The number of ether oxygens (including phenoxy) is 1. The highest BCUT2D eigenvalue weighted by Crippen LogP contribution is 2.38. The van der Waals surface area contributed by atoms with Crippen molar-refractivity contribution >= 4 is 40.2 Å². The van der Waals surface area contributed by atoms with Gasteiger partial charge in [0.25, 0.3) is 11.6 Å². The van der Waals surface area contributed by atoms with Crippen LogP contribution in [0, 0.1) is 0 Å². The molecular formula is C16H25N7O7S. The quantitative estimate of drug-likeness (QED) is 0.198. The van der Waals surface area contributed by atoms with Gasteiger partial charge in [-0.3, -0.25) is 25.2 Å². The van der Waals surface area contributed by atoms with E-state index in [0.717, 1.165) is 16.7 Å². The maximum absolute atomic E-state index is 13.0. The fourth-order valence-electron chi connectivity index (χ4n) is 3.64. The molecule has 3 aliphatic heterocycles. The molecule has 0 aromatic heterocycles. The number of fused-ring (bicyclic) bond motifs is 1. The van der Waals surface area contributed by atoms with Gasteiger partial charge in [-0.05, 0) is 13.2 Å². The number of ketones is 1. The van der Waals surface area contributed by atoms with Gasteiger partial charge in [-0.15, -0.1) is 0 Å². The summed E-state index contributed by atoms with van der Waals surface area (Å²) in [7, 11) is 0. The Kier molecular flexibility index (Phi) is 6.25. The van der Waals surface area contributed by atoms with E-state index in [2.05, 4.69) is 15.0 Å². The summed E-state index contributed by atoms with van der Waals surface area (Å²) in [5.74, 6) is -2.18. The van der Waals surface area contributed by atoms with Crippen LogP contribution in [0.3, 0.4) is 0 Å². The van der Waals surface area contributed by atoms with E-state index in [1.807, 2.05) is 0 Å². The van der Waals surface area contributed by atoms with Crippen molar-refractivity contribution in [2.24, 2.45) is 32.2 Å². The third-order valence-corrected chi connectivity index (χ3v) is 5.97. The van der Waals surface area contributed by atoms with E-state index >= 15 is 0 Å². The first-order valence-corrected chi connectivity index (χ1v) is 10.4. The molecule has 10 N–H and O–H groups in total. The highest BCUT2D eigenvalue weighted by molar-refractivity contribution is 8.13. The molecule has 0 spiro atoms. The number of aliphatic imine (C=N–C) groups is 3. The molecule has 1 unspecified atom stereocenters. The first-order chi connectivity index (χ1) is 14.4. The van der Waals surface area contributed by atoms with Crippen LogP contribution in [0.4, 0.5) is 0 Å². The van der Waals surface area contributed by atoms with Crippen molar-refractivity contribution in [2.45, 2.75) is 48.8 Å². The highest BCUT2D eigenvalue weighted by atomic mass is 32.2. The summed E-state index contributed by atoms with van der Waals surface area (Å²) in [5, 5.41) is 40.1. The maximum atomic E-state index is 13.0. The Morgan fingerprint density at radius 3 is 2.55 bits per heavy atom. The standard InChI is InChI=1S/C16H25N7O7S/c1-5(25)7(17)10(27)15(19)9-12(21-14(22-15)31-2)23(4-20-9)16(13(18)29)11(28)8(26)6(3-24)30-16/h5-8,11,24-26,28H,3-4,17,19H2,1-2H3,(H2,18,29)/t5-,6-,7+,8-,11-,15?,16+/m1/s1. The van der Waals surface area contributed by atoms with Crippen LogP contribution in [-0.4, -0.2) is 115 Å². The number of aliphatic hydroxyl groups excluding tert-OH is 4. The summed E-state index contributed by atoms with van der Waals surface area (Å²) in [6.07, 6.45) is -4.47. The van der Waals surface area contributed by atoms with E-state index in [-0.39, 0.29) is 23.4 Å². The van der Waals surface area contributed by atoms with Crippen molar-refractivity contribution in [3.8, 4) is 0 Å². The number of Topliss-reactive ketones (excluding diaryl/α,β-unsaturated/α-hetero) is 1. The Bertz CT molecular complexity index is 880. The first-order valence-electron chi connectivity index (χ1n) is 9.22. The highest BCUT2D eigenvalue weighted by Gasteiger charge is 2.65. The van der Waals surface area contributed by atoms with Crippen LogP contribution in [0.1, 0.15) is 6.92 Å². The monoisotopic (exact) mass is 459 g/mol. The van der Waals surface area contributed by atoms with Crippen LogP contribution in [0.25, 0.3) is 0 Å². The number of thioether (sulfide) groups is 1. The van der Waals surface area contributed by atoms with E-state index in [9.17, 15) is 30.0 Å². The minimum Gasteiger partial charge on any atom is -0.394 e. The molecule has 31 heavy (non-hydrogen) atoms. The Morgan fingerprint density at radius 1 is 1.42 bits per heavy atom. The molecule has 0 saturated carbocycles. The molecule has 0 bridgehead atoms. The second-order valence-corrected chi connectivity index (χ2v) is 8.12. The minimum absolute atomic E-state index is 0.0286. The molecule has 7 atom stereocenters. The third kappa shape index (κ3) is 3.37. The van der Waals surface area contributed by atoms with E-state index in [0.29, 0.717) is 0 Å². The second-order valence-electron chi connectivity index (χ2n) is 7.34. The molecule has 15 heteroatoms. The molecule has 0 aromatic carbocycles. The summed E-state index contributed by atoms with van der Waals surface area (Å²) in [4.78, 5) is 39.1. The van der Waals surface area contributed by atoms with Gasteiger partial charge in [0.05, 0.1) is 18.8 Å². The number of rotatable bonds is 6. The number of nitrogens with two attached hydrogens (primary N) is 3. The molecule has 1 fully saturated rings. The van der Waals surface area contributed by atoms with Crippen molar-refractivity contribution in [1.29, 1.82) is 0 Å². The maximum Gasteiger partial charge on any atom is 0.274 e. The van der Waals surface area contributed by atoms with Gasteiger partial charge in [-0.2, -0.15) is 0 Å². The normalized spacial score (nSPS) is 37.0. The molecule has 172 valence electrons. The molecule has 3 aliphatic rings. The Labute approximate surface area is 180 Å². The summed E-state index contributed by atoms with van der Waals surface area (Å²) < 4.78 is 5.51. The van der Waals surface area contributed by atoms with Gasteiger partial charge in [0, 0.05) is 0 Å². The first kappa shape index (κ1) is 23.7. The van der Waals surface area contributed by atoms with E-state index in [1.165, 1.54) is 6.92 Å². The lowest BCUT2D eigenvalue weighted by Crippen LogP contribution is -2.69. The van der Waals surface area contributed by atoms with Crippen molar-refractivity contribution < 1.29 is 34.8 Å². The van der Waals surface area contributed by atoms with Crippen molar-refractivity contribution in [2.75, 3.05) is 19.5 Å². The van der Waals surface area contributed by atoms with E-state index in [1.54, 1.807) is 6.26 Å². The van der Waals surface area contributed by atoms with Crippen LogP contribution < -0.4 is 17.2 Å². The summed E-state index contributed by atoms with van der Waals surface area (Å²) >= 11 is 1.03. The van der Waals surface area contributed by atoms with Crippen LogP contribution in [0.2, 0.25) is 0 Å². The van der Waals surface area contributed by atoms with Crippen molar-refractivity contribution in [1.82, 2.24) is 4.90 Å². The van der Waals surface area contributed by atoms with Crippen molar-refractivity contribution in [3.05, 3.63) is 0 Å². The number of aliphatic hydroxyl groups is 4. The zero-order valence-corrected chi connectivity index (χ0v) is 17.6. The van der Waals surface area contributed by atoms with Gasteiger partial charge in [0.15, 0.2) is 11.0 Å². The molecule has 1 amide bonds. The zero-order valence-electron chi connectivity index (χ0n) is 16.7. The summed E-state index contributed by atoms with van der Waals surface area (Å²) in [6.45, 7) is 0.223. The van der Waals surface area contributed by atoms with Crippen LogP contribution in [0.5, 0.6) is 0 Å². The van der Waals surface area contributed by atoms with Crippen molar-refractivity contribution in [3.63, 3.8) is 0 Å². The smallest absolute Gasteiger partial charge is 0.274 e. The lowest BCUT2D eigenvalue weighted by Gasteiger charge is -2.40. The molecule has 0 aromatic rings. The van der Waals surface area contributed by atoms with Crippen LogP contribution in [-0.2, 0) is 14.3 Å². The van der Waals surface area contributed by atoms with Gasteiger partial charge < -0.3 is 36.6 Å². The second kappa shape index (κ2) is 8.18. The number of nitrogens with zero attached hydrogens (tertiary/aromatic N) is 4. The average Bonchev–Trinajstić information content (AvgIpc) is 3.27. The molecule has 1 saturated heterocycles. The largest absolute Gasteiger partial charge is 0.394 e. The van der Waals surface area contributed by atoms with Gasteiger partial charge in [0.2, 0.25) is 11.4 Å². The van der Waals surface area contributed by atoms with E-state index in [4.69, 9.17) is 21.9 Å². The van der Waals surface area contributed by atoms with E-state index < -0.39 is 60.1 Å². The SMILES string of the molecule is CSC1=NC(N)(C(=O)[C@@H](N)[C@@H](C)O)C2=NCN([C@]3(C(N)=O)O[C@H](CO)[C@@H](O)[C@H]3O)C2=N1. The molecule has 3 heterocycles. The number of amidine groups is 2. The number of hydrogen-bond donors (Lipinski definition) is 7. The number of carbonyl (C=O) groups is 2. The lowest BCUT2D eigenvalue weighted by atomic mass is 9.90. The molecular weight excluding hydrogens is 434 g/mol. The fraction of sp³-hybridized carbons (Fsp3) is 0.688. The lowest BCUT2D eigenvalue weighted by molar-refractivity contribution is -0.179. The van der Waals surface area contributed by atoms with Gasteiger partial charge in [-0.25, -0.2) is 9.98 Å². The fourth-order valence-corrected chi connectivity index (χ4v) is 4.05. The number of hydrogen-bond acceptors (Lipinski definition) is 14. The third-order valence-electron chi connectivity index (χ3n) is 5.42. The Balaban J connectivity index is 2.10. The Hall–Kier alpha value is -1.98. The number of amides is 1. The summed E-state index contributed by atoms with van der Waals surface area (Å²) in [5.41, 5.74) is 13.0. The predicted molar refractivity (Wildman–Crippen MR) is 110 cm³/mol. The predicted octanol–water partition coefficient (Wildman–Crippen LogP) is -4.94. The van der Waals surface area contributed by atoms with Gasteiger partial charge in [0.1, 0.15) is 30.7 Å². The topological polar surface area (TPSA) is 243 Å². The van der Waals surface area contributed by atoms with Crippen LogP contribution in [0.15, 0.2) is 15.0 Å². The molecule has 0 aliphatic carbocycles. The molecule has 3 rings (SSSR count). The van der Waals surface area contributed by atoms with Gasteiger partial charge in [-0.1, -0.05) is 11.8 Å². The number of primary amides is 1. The van der Waals surface area contributed by atoms with Gasteiger partial charge >= 0.3 is 0 Å². The Morgan fingerprint density at radius 2 is 2.06 bits per heavy atom. The molecule has 0 radical (unpaired) electrons. The molecule has 14 nitrogen and oxygen atoms in total. The minimum atomic E-state index is -2.35.